The number of aliphatic hydroxyl groups is 2. The van der Waals surface area contributed by atoms with Crippen LogP contribution in [-0.4, -0.2) is 36.6 Å². The summed E-state index contributed by atoms with van der Waals surface area (Å²) in [5.74, 6) is 0.908. The molecule has 0 aliphatic rings. The maximum atomic E-state index is 9.22. The lowest BCUT2D eigenvalue weighted by molar-refractivity contribution is 0.199. The minimum atomic E-state index is -0.0873. The lowest BCUT2D eigenvalue weighted by Gasteiger charge is -2.20. The molecule has 1 unspecified atom stereocenters. The second-order valence-electron chi connectivity index (χ2n) is 4.92. The average Bonchev–Trinajstić information content (AvgIpc) is 2.39. The molecule has 0 heterocycles. The van der Waals surface area contributed by atoms with Crippen molar-refractivity contribution in [2.75, 3.05) is 20.3 Å². The van der Waals surface area contributed by atoms with Gasteiger partial charge in [-0.1, -0.05) is 6.07 Å². The number of rotatable bonds is 7. The Bertz CT molecular complexity index is 418. The van der Waals surface area contributed by atoms with Crippen LogP contribution in [0.15, 0.2) is 6.07 Å². The summed E-state index contributed by atoms with van der Waals surface area (Å²) in [6.07, 6.45) is 0.544. The molecular formula is C15H25NO3. The van der Waals surface area contributed by atoms with E-state index in [1.54, 1.807) is 7.11 Å². The smallest absolute Gasteiger partial charge is 0.126 e. The van der Waals surface area contributed by atoms with Crippen molar-refractivity contribution in [2.45, 2.75) is 39.8 Å². The Hall–Kier alpha value is -1.10. The summed E-state index contributed by atoms with van der Waals surface area (Å²) < 4.78 is 5.51. The summed E-state index contributed by atoms with van der Waals surface area (Å²) >= 11 is 0. The molecule has 1 rings (SSSR count). The van der Waals surface area contributed by atoms with Crippen molar-refractivity contribution < 1.29 is 14.9 Å². The van der Waals surface area contributed by atoms with Crippen LogP contribution in [0.3, 0.4) is 0 Å². The Morgan fingerprint density at radius 1 is 1.21 bits per heavy atom. The monoisotopic (exact) mass is 267 g/mol. The number of hydrogen-bond acceptors (Lipinski definition) is 4. The van der Waals surface area contributed by atoms with Gasteiger partial charge in [0.2, 0.25) is 0 Å². The molecule has 0 radical (unpaired) electrons. The highest BCUT2D eigenvalue weighted by atomic mass is 16.5. The minimum Gasteiger partial charge on any atom is -0.496 e. The van der Waals surface area contributed by atoms with Gasteiger partial charge >= 0.3 is 0 Å². The molecule has 0 fully saturated rings. The molecule has 0 saturated carbocycles. The van der Waals surface area contributed by atoms with Gasteiger partial charge in [-0.15, -0.1) is 0 Å². The van der Waals surface area contributed by atoms with Crippen molar-refractivity contribution in [1.29, 1.82) is 0 Å². The van der Waals surface area contributed by atoms with E-state index in [0.717, 1.165) is 16.9 Å². The highest BCUT2D eigenvalue weighted by Crippen LogP contribution is 2.29. The Balaban J connectivity index is 2.91. The molecule has 0 bridgehead atoms. The second kappa shape index (κ2) is 7.48. The highest BCUT2D eigenvalue weighted by Gasteiger charge is 2.14. The molecule has 19 heavy (non-hydrogen) atoms. The molecule has 4 heteroatoms. The quantitative estimate of drug-likeness (QED) is 0.700. The van der Waals surface area contributed by atoms with Crippen LogP contribution < -0.4 is 10.1 Å². The fourth-order valence-electron chi connectivity index (χ4n) is 2.26. The van der Waals surface area contributed by atoms with Crippen molar-refractivity contribution in [3.63, 3.8) is 0 Å². The van der Waals surface area contributed by atoms with Crippen LogP contribution in [0.5, 0.6) is 5.75 Å². The topological polar surface area (TPSA) is 61.7 Å². The van der Waals surface area contributed by atoms with E-state index < -0.39 is 0 Å². The van der Waals surface area contributed by atoms with Crippen LogP contribution in [0.1, 0.15) is 28.7 Å². The van der Waals surface area contributed by atoms with E-state index in [4.69, 9.17) is 9.84 Å². The molecule has 3 N–H and O–H groups in total. The van der Waals surface area contributed by atoms with Gasteiger partial charge in [-0.05, 0) is 43.9 Å². The van der Waals surface area contributed by atoms with Gasteiger partial charge in [0, 0.05) is 24.8 Å². The first kappa shape index (κ1) is 16.0. The molecule has 0 amide bonds. The normalized spacial score (nSPS) is 12.5. The first-order valence-corrected chi connectivity index (χ1v) is 6.63. The van der Waals surface area contributed by atoms with Gasteiger partial charge in [-0.2, -0.15) is 0 Å². The van der Waals surface area contributed by atoms with Crippen molar-refractivity contribution >= 4 is 0 Å². The molecule has 0 aliphatic carbocycles. The summed E-state index contributed by atoms with van der Waals surface area (Å²) in [5.41, 5.74) is 4.65. The van der Waals surface area contributed by atoms with Gasteiger partial charge in [0.25, 0.3) is 0 Å². The van der Waals surface area contributed by atoms with Crippen LogP contribution in [0.4, 0.5) is 0 Å². The Morgan fingerprint density at radius 3 is 2.42 bits per heavy atom. The molecule has 0 spiro atoms. The van der Waals surface area contributed by atoms with Crippen molar-refractivity contribution in [2.24, 2.45) is 0 Å². The maximum Gasteiger partial charge on any atom is 0.126 e. The third kappa shape index (κ3) is 3.93. The maximum absolute atomic E-state index is 9.22. The molecule has 1 atom stereocenters. The van der Waals surface area contributed by atoms with Crippen LogP contribution >= 0.6 is 0 Å². The predicted molar refractivity (Wildman–Crippen MR) is 76.6 cm³/mol. The van der Waals surface area contributed by atoms with Crippen LogP contribution in [0.25, 0.3) is 0 Å². The molecule has 0 aliphatic heterocycles. The van der Waals surface area contributed by atoms with Gasteiger partial charge in [-0.25, -0.2) is 0 Å². The first-order valence-electron chi connectivity index (χ1n) is 6.63. The van der Waals surface area contributed by atoms with E-state index in [0.29, 0.717) is 13.0 Å². The van der Waals surface area contributed by atoms with Crippen LogP contribution in [-0.2, 0) is 6.54 Å². The standard InChI is InChI=1S/C15H25NO3/c1-10-7-11(2)14(15(19-4)12(10)3)8-16-13(9-18)5-6-17/h7,13,16-18H,5-6,8-9H2,1-4H3. The molecule has 1 aromatic rings. The van der Waals surface area contributed by atoms with Crippen molar-refractivity contribution in [3.05, 3.63) is 28.3 Å². The zero-order chi connectivity index (χ0) is 14.4. The first-order chi connectivity index (χ1) is 9.04. The van der Waals surface area contributed by atoms with E-state index in [-0.39, 0.29) is 19.3 Å². The summed E-state index contributed by atoms with van der Waals surface area (Å²) in [6.45, 7) is 6.90. The average molecular weight is 267 g/mol. The number of aryl methyl sites for hydroxylation is 2. The molecule has 1 aromatic carbocycles. The number of methoxy groups -OCH3 is 1. The van der Waals surface area contributed by atoms with Crippen LogP contribution in [0, 0.1) is 20.8 Å². The van der Waals surface area contributed by atoms with Gasteiger partial charge < -0.3 is 20.3 Å². The van der Waals surface area contributed by atoms with E-state index in [1.807, 2.05) is 6.92 Å². The Labute approximate surface area is 115 Å². The molecule has 108 valence electrons. The zero-order valence-electron chi connectivity index (χ0n) is 12.3. The van der Waals surface area contributed by atoms with Gasteiger partial charge in [-0.3, -0.25) is 0 Å². The number of aliphatic hydroxyl groups excluding tert-OH is 2. The summed E-state index contributed by atoms with van der Waals surface area (Å²) in [4.78, 5) is 0. The Morgan fingerprint density at radius 2 is 1.89 bits per heavy atom. The molecular weight excluding hydrogens is 242 g/mol. The summed E-state index contributed by atoms with van der Waals surface area (Å²) in [5, 5.41) is 21.4. The number of nitrogens with one attached hydrogen (secondary N) is 1. The van der Waals surface area contributed by atoms with Crippen molar-refractivity contribution in [1.82, 2.24) is 5.32 Å². The lowest BCUT2D eigenvalue weighted by atomic mass is 9.98. The van der Waals surface area contributed by atoms with Gasteiger partial charge in [0.05, 0.1) is 13.7 Å². The second-order valence-corrected chi connectivity index (χ2v) is 4.92. The third-order valence-electron chi connectivity index (χ3n) is 3.58. The van der Waals surface area contributed by atoms with E-state index in [1.165, 1.54) is 11.1 Å². The summed E-state index contributed by atoms with van der Waals surface area (Å²) in [7, 11) is 1.68. The number of ether oxygens (including phenoxy) is 1. The van der Waals surface area contributed by atoms with Crippen LogP contribution in [0.2, 0.25) is 0 Å². The SMILES string of the molecule is COc1c(C)c(C)cc(C)c1CNC(CO)CCO. The van der Waals surface area contributed by atoms with E-state index >= 15 is 0 Å². The fourth-order valence-corrected chi connectivity index (χ4v) is 2.26. The van der Waals surface area contributed by atoms with Crippen molar-refractivity contribution in [3.8, 4) is 5.75 Å². The third-order valence-corrected chi connectivity index (χ3v) is 3.58. The Kier molecular flexibility index (Phi) is 6.28. The molecule has 0 saturated heterocycles. The van der Waals surface area contributed by atoms with E-state index in [2.05, 4.69) is 25.2 Å². The predicted octanol–water partition coefficient (Wildman–Crippen LogP) is 1.45. The van der Waals surface area contributed by atoms with E-state index in [9.17, 15) is 5.11 Å². The number of benzene rings is 1. The molecule has 4 nitrogen and oxygen atoms in total. The summed E-state index contributed by atoms with van der Waals surface area (Å²) in [6, 6.07) is 2.06. The largest absolute Gasteiger partial charge is 0.496 e. The minimum absolute atomic E-state index is 0.0206. The highest BCUT2D eigenvalue weighted by molar-refractivity contribution is 5.49. The zero-order valence-corrected chi connectivity index (χ0v) is 12.3. The van der Waals surface area contributed by atoms with Gasteiger partial charge in [0.1, 0.15) is 5.75 Å². The number of hydrogen-bond donors (Lipinski definition) is 3. The molecule has 0 aromatic heterocycles. The van der Waals surface area contributed by atoms with Gasteiger partial charge in [0.15, 0.2) is 0 Å². The lowest BCUT2D eigenvalue weighted by Crippen LogP contribution is -2.33. The fraction of sp³-hybridized carbons (Fsp3) is 0.600.